The molecule has 0 saturated carbocycles. The van der Waals surface area contributed by atoms with Gasteiger partial charge in [-0.25, -0.2) is 0 Å². The van der Waals surface area contributed by atoms with E-state index in [-0.39, 0.29) is 5.91 Å². The lowest BCUT2D eigenvalue weighted by Gasteiger charge is -2.28. The van der Waals surface area contributed by atoms with Crippen molar-refractivity contribution in [2.75, 3.05) is 19.6 Å². The fourth-order valence-electron chi connectivity index (χ4n) is 1.17. The van der Waals surface area contributed by atoms with Gasteiger partial charge in [0.15, 0.2) is 0 Å². The van der Waals surface area contributed by atoms with Crippen molar-refractivity contribution in [1.29, 1.82) is 0 Å². The highest BCUT2D eigenvalue weighted by Gasteiger charge is 2.15. The topological polar surface area (TPSA) is 70.7 Å². The van der Waals surface area contributed by atoms with E-state index in [1.807, 2.05) is 27.5 Å². The Morgan fingerprint density at radius 2 is 2.40 bits per heavy atom. The summed E-state index contributed by atoms with van der Waals surface area (Å²) in [5.74, 6) is 0.570. The molecule has 0 aromatic rings. The summed E-state index contributed by atoms with van der Waals surface area (Å²) in [7, 11) is 0. The van der Waals surface area contributed by atoms with Crippen molar-refractivity contribution in [3.63, 3.8) is 0 Å². The molecule has 0 aromatic heterocycles. The lowest BCUT2D eigenvalue weighted by Crippen LogP contribution is -2.48. The number of carbonyl (C=O) groups is 1. The molecule has 1 rings (SSSR count). The van der Waals surface area contributed by atoms with Crippen LogP contribution < -0.4 is 11.1 Å². The van der Waals surface area contributed by atoms with Crippen molar-refractivity contribution in [3.05, 3.63) is 21.7 Å². The summed E-state index contributed by atoms with van der Waals surface area (Å²) in [5, 5.41) is 2.73. The number of piperazine rings is 1. The molecule has 1 aliphatic heterocycles. The lowest BCUT2D eigenvalue weighted by atomic mass is 10.3. The van der Waals surface area contributed by atoms with E-state index in [0.717, 1.165) is 10.2 Å². The Balaban J connectivity index is 2.62. The summed E-state index contributed by atoms with van der Waals surface area (Å²) >= 11 is 2.05. The zero-order valence-corrected chi connectivity index (χ0v) is 10.4. The summed E-state index contributed by atoms with van der Waals surface area (Å²) in [6, 6.07) is 0. The molecule has 3 N–H and O–H groups in total. The average Bonchev–Trinajstić information content (AvgIpc) is 2.25. The molecule has 0 aromatic carbocycles. The van der Waals surface area contributed by atoms with Crippen molar-refractivity contribution < 1.29 is 4.79 Å². The van der Waals surface area contributed by atoms with Crippen LogP contribution in [0.2, 0.25) is 0 Å². The fourth-order valence-corrected chi connectivity index (χ4v) is 1.35. The summed E-state index contributed by atoms with van der Waals surface area (Å²) < 4.78 is 0.761. The van der Waals surface area contributed by atoms with Gasteiger partial charge in [-0.15, -0.1) is 0 Å². The fraction of sp³-hybridized carbons (Fsp3) is 0.333. The van der Waals surface area contributed by atoms with Crippen LogP contribution in [0.15, 0.2) is 26.7 Å². The maximum atomic E-state index is 11.1. The van der Waals surface area contributed by atoms with Crippen LogP contribution in [0.1, 0.15) is 0 Å². The van der Waals surface area contributed by atoms with Crippen LogP contribution in [-0.4, -0.2) is 37.2 Å². The van der Waals surface area contributed by atoms with Crippen molar-refractivity contribution in [3.8, 4) is 0 Å². The zero-order valence-electron chi connectivity index (χ0n) is 8.24. The number of amides is 1. The average molecular weight is 320 g/mol. The Bertz CT molecular complexity index is 324. The first kappa shape index (κ1) is 12.0. The molecule has 1 aliphatic rings. The van der Waals surface area contributed by atoms with E-state index in [0.29, 0.717) is 18.9 Å². The largest absolute Gasteiger partial charge is 0.385 e. The van der Waals surface area contributed by atoms with E-state index in [1.165, 1.54) is 0 Å². The van der Waals surface area contributed by atoms with Crippen molar-refractivity contribution in [2.24, 2.45) is 10.7 Å². The minimum atomic E-state index is -0.00174. The van der Waals surface area contributed by atoms with E-state index in [2.05, 4.69) is 17.0 Å². The van der Waals surface area contributed by atoms with Gasteiger partial charge in [0.1, 0.15) is 3.70 Å². The van der Waals surface area contributed by atoms with Crippen LogP contribution in [-0.2, 0) is 4.79 Å². The predicted molar refractivity (Wildman–Crippen MR) is 68.5 cm³/mol. The summed E-state index contributed by atoms with van der Waals surface area (Å²) in [6.07, 6.45) is 3.49. The number of halogens is 1. The Labute approximate surface area is 102 Å². The standard InChI is InChI=1S/C9H13IN4O/c1-12-7(10)2-3-8(11)14-5-4-13-9(15)6-14/h2-3H,1,4-6,11H2,(H,13,15)/b7-2-,8-3+. The molecule has 0 spiro atoms. The van der Waals surface area contributed by atoms with E-state index in [9.17, 15) is 4.79 Å². The normalized spacial score (nSPS) is 18.7. The molecular formula is C9H13IN4O. The number of nitrogens with zero attached hydrogens (tertiary/aromatic N) is 2. The number of hydrogen-bond acceptors (Lipinski definition) is 4. The first-order chi connectivity index (χ1) is 7.13. The third-order valence-corrected chi connectivity index (χ3v) is 2.65. The van der Waals surface area contributed by atoms with Crippen molar-refractivity contribution >= 4 is 35.2 Å². The molecule has 0 atom stereocenters. The Morgan fingerprint density at radius 1 is 1.67 bits per heavy atom. The first-order valence-electron chi connectivity index (χ1n) is 4.45. The Kier molecular flexibility index (Phi) is 4.60. The van der Waals surface area contributed by atoms with Gasteiger partial charge in [-0.3, -0.25) is 9.79 Å². The number of nitrogens with two attached hydrogens (primary N) is 1. The number of carbonyl (C=O) groups excluding carboxylic acids is 1. The first-order valence-corrected chi connectivity index (χ1v) is 5.52. The SMILES string of the molecule is C=N/C(I)=C\C=C(/N)N1CCNC(=O)C1. The van der Waals surface area contributed by atoms with Crippen LogP contribution in [0.4, 0.5) is 0 Å². The molecule has 1 saturated heterocycles. The Morgan fingerprint density at radius 3 is 3.00 bits per heavy atom. The van der Waals surface area contributed by atoms with Crippen molar-refractivity contribution in [1.82, 2.24) is 10.2 Å². The van der Waals surface area contributed by atoms with Gasteiger partial charge < -0.3 is 16.0 Å². The Hall–Kier alpha value is -1.05. The second kappa shape index (κ2) is 5.74. The van der Waals surface area contributed by atoms with Crippen LogP contribution in [0, 0.1) is 0 Å². The van der Waals surface area contributed by atoms with Crippen LogP contribution in [0.25, 0.3) is 0 Å². The third kappa shape index (κ3) is 3.90. The van der Waals surface area contributed by atoms with Gasteiger partial charge in [-0.05, 0) is 41.5 Å². The monoisotopic (exact) mass is 320 g/mol. The second-order valence-electron chi connectivity index (χ2n) is 3.01. The number of hydrogen-bond donors (Lipinski definition) is 2. The number of rotatable bonds is 3. The van der Waals surface area contributed by atoms with E-state index in [1.54, 1.807) is 12.2 Å². The molecule has 82 valence electrons. The molecule has 1 heterocycles. The van der Waals surface area contributed by atoms with Gasteiger partial charge >= 0.3 is 0 Å². The molecule has 0 bridgehead atoms. The third-order valence-electron chi connectivity index (χ3n) is 1.95. The van der Waals surface area contributed by atoms with Gasteiger partial charge in [0.25, 0.3) is 0 Å². The number of allylic oxidation sites excluding steroid dienone is 2. The highest BCUT2D eigenvalue weighted by molar-refractivity contribution is 14.1. The highest BCUT2D eigenvalue weighted by atomic mass is 127. The molecule has 0 radical (unpaired) electrons. The summed E-state index contributed by atoms with van der Waals surface area (Å²) in [5.41, 5.74) is 5.81. The number of nitrogens with one attached hydrogen (secondary N) is 1. The van der Waals surface area contributed by atoms with Gasteiger partial charge in [-0.1, -0.05) is 0 Å². The molecule has 1 fully saturated rings. The van der Waals surface area contributed by atoms with Crippen molar-refractivity contribution in [2.45, 2.75) is 0 Å². The minimum absolute atomic E-state index is 0.00174. The van der Waals surface area contributed by atoms with Gasteiger partial charge in [0.05, 0.1) is 12.4 Å². The minimum Gasteiger partial charge on any atom is -0.385 e. The van der Waals surface area contributed by atoms with Crippen LogP contribution >= 0.6 is 22.6 Å². The van der Waals surface area contributed by atoms with Gasteiger partial charge in [-0.2, -0.15) is 0 Å². The highest BCUT2D eigenvalue weighted by Crippen LogP contribution is 2.07. The summed E-state index contributed by atoms with van der Waals surface area (Å²) in [4.78, 5) is 16.6. The molecule has 1 amide bonds. The van der Waals surface area contributed by atoms with Crippen LogP contribution in [0.3, 0.4) is 0 Å². The second-order valence-corrected chi connectivity index (χ2v) is 4.12. The summed E-state index contributed by atoms with van der Waals surface area (Å²) in [6.45, 7) is 5.07. The molecule has 0 aliphatic carbocycles. The molecule has 6 heteroatoms. The van der Waals surface area contributed by atoms with E-state index >= 15 is 0 Å². The quantitative estimate of drug-likeness (QED) is 0.338. The van der Waals surface area contributed by atoms with E-state index in [4.69, 9.17) is 5.73 Å². The maximum Gasteiger partial charge on any atom is 0.239 e. The predicted octanol–water partition coefficient (Wildman–Crippen LogP) is 0.195. The van der Waals surface area contributed by atoms with Gasteiger partial charge in [0, 0.05) is 13.1 Å². The van der Waals surface area contributed by atoms with E-state index < -0.39 is 0 Å². The maximum absolute atomic E-state index is 11.1. The lowest BCUT2D eigenvalue weighted by molar-refractivity contribution is -0.123. The van der Waals surface area contributed by atoms with Gasteiger partial charge in [0.2, 0.25) is 5.91 Å². The molecule has 5 nitrogen and oxygen atoms in total. The molecular weight excluding hydrogens is 307 g/mol. The smallest absolute Gasteiger partial charge is 0.239 e. The van der Waals surface area contributed by atoms with Crippen LogP contribution in [0.5, 0.6) is 0 Å². The number of aliphatic imine (C=N–C) groups is 1. The molecule has 0 unspecified atom stereocenters. The zero-order chi connectivity index (χ0) is 11.3. The molecule has 15 heavy (non-hydrogen) atoms.